The number of amides is 2. The maximum atomic E-state index is 11.9. The van der Waals surface area contributed by atoms with Crippen LogP contribution in [0, 0.1) is 0 Å². The fourth-order valence-electron chi connectivity index (χ4n) is 1.56. The molecule has 98 valence electrons. The zero-order valence-electron chi connectivity index (χ0n) is 9.80. The second-order valence-electron chi connectivity index (χ2n) is 3.84. The zero-order valence-corrected chi connectivity index (χ0v) is 10.6. The molecule has 1 atom stereocenters. The minimum Gasteiger partial charge on any atom is -0.399 e. The number of nitrogens with zero attached hydrogens (tertiary/aromatic N) is 1. The summed E-state index contributed by atoms with van der Waals surface area (Å²) in [5.74, 6) is 0. The molecule has 0 aliphatic carbocycles. The van der Waals surface area contributed by atoms with Crippen LogP contribution in [0.4, 0.5) is 10.5 Å². The molecule has 1 aliphatic rings. The van der Waals surface area contributed by atoms with Gasteiger partial charge in [0, 0.05) is 18.8 Å². The molecule has 1 saturated heterocycles. The predicted molar refractivity (Wildman–Crippen MR) is 68.2 cm³/mol. The normalized spacial score (nSPS) is 17.2. The molecule has 1 aromatic rings. The average molecular weight is 269 g/mol. The van der Waals surface area contributed by atoms with Crippen LogP contribution in [0.25, 0.3) is 0 Å². The Labute approximate surface area is 108 Å². The van der Waals surface area contributed by atoms with E-state index in [1.807, 2.05) is 0 Å². The number of urea groups is 1. The summed E-state index contributed by atoms with van der Waals surface area (Å²) in [5.41, 5.74) is 6.13. The molecular formula is C11H15N3O3S. The van der Waals surface area contributed by atoms with Crippen molar-refractivity contribution in [2.24, 2.45) is 0 Å². The second-order valence-corrected chi connectivity index (χ2v) is 5.06. The number of carbonyl (C=O) groups excluding carboxylic acids is 1. The average Bonchev–Trinajstić information content (AvgIpc) is 2.40. The van der Waals surface area contributed by atoms with E-state index in [1.54, 1.807) is 29.2 Å². The monoisotopic (exact) mass is 269 g/mol. The Morgan fingerprint density at radius 3 is 2.50 bits per heavy atom. The van der Waals surface area contributed by atoms with Gasteiger partial charge in [-0.25, -0.2) is 9.00 Å². The highest BCUT2D eigenvalue weighted by atomic mass is 32.2. The van der Waals surface area contributed by atoms with Gasteiger partial charge in [-0.1, -0.05) is 0 Å². The standard InChI is InChI=1S/C11H15N3O3S/c12-9-1-3-10(4-2-9)18(16)13-11(15)14-5-7-17-8-6-14/h1-4H,5-8,12H2,(H,13,15). The van der Waals surface area contributed by atoms with E-state index in [0.29, 0.717) is 36.9 Å². The number of hydrogen-bond donors (Lipinski definition) is 2. The van der Waals surface area contributed by atoms with Gasteiger partial charge < -0.3 is 15.4 Å². The van der Waals surface area contributed by atoms with E-state index in [-0.39, 0.29) is 6.03 Å². The van der Waals surface area contributed by atoms with Crippen molar-refractivity contribution < 1.29 is 13.7 Å². The molecule has 0 bridgehead atoms. The molecular weight excluding hydrogens is 254 g/mol. The molecule has 18 heavy (non-hydrogen) atoms. The summed E-state index contributed by atoms with van der Waals surface area (Å²) in [7, 11) is -1.56. The molecule has 2 rings (SSSR count). The Kier molecular flexibility index (Phi) is 4.16. The number of hydrogen-bond acceptors (Lipinski definition) is 4. The molecule has 0 aromatic heterocycles. The van der Waals surface area contributed by atoms with Crippen molar-refractivity contribution >= 4 is 22.7 Å². The highest BCUT2D eigenvalue weighted by Crippen LogP contribution is 2.09. The van der Waals surface area contributed by atoms with E-state index >= 15 is 0 Å². The van der Waals surface area contributed by atoms with E-state index in [0.717, 1.165) is 0 Å². The Balaban J connectivity index is 1.94. The second kappa shape index (κ2) is 5.83. The quantitative estimate of drug-likeness (QED) is 0.758. The molecule has 3 N–H and O–H groups in total. The molecule has 6 nitrogen and oxygen atoms in total. The van der Waals surface area contributed by atoms with Gasteiger partial charge in [0.1, 0.15) is 0 Å². The van der Waals surface area contributed by atoms with Crippen LogP contribution in [-0.2, 0) is 15.7 Å². The third kappa shape index (κ3) is 3.21. The number of carbonyl (C=O) groups is 1. The Morgan fingerprint density at radius 2 is 1.89 bits per heavy atom. The van der Waals surface area contributed by atoms with Crippen LogP contribution in [0.3, 0.4) is 0 Å². The van der Waals surface area contributed by atoms with E-state index in [9.17, 15) is 9.00 Å². The van der Waals surface area contributed by atoms with E-state index in [1.165, 1.54) is 0 Å². The number of ether oxygens (including phenoxy) is 1. The van der Waals surface area contributed by atoms with E-state index in [4.69, 9.17) is 10.5 Å². The van der Waals surface area contributed by atoms with Gasteiger partial charge in [-0.15, -0.1) is 0 Å². The van der Waals surface area contributed by atoms with Crippen LogP contribution in [0.1, 0.15) is 0 Å². The number of anilines is 1. The molecule has 7 heteroatoms. The zero-order chi connectivity index (χ0) is 13.0. The fraction of sp³-hybridized carbons (Fsp3) is 0.364. The van der Waals surface area contributed by atoms with Crippen molar-refractivity contribution in [2.75, 3.05) is 32.0 Å². The number of morpholine rings is 1. The van der Waals surface area contributed by atoms with Gasteiger partial charge in [0.25, 0.3) is 0 Å². The van der Waals surface area contributed by atoms with Crippen molar-refractivity contribution in [1.29, 1.82) is 0 Å². The molecule has 0 saturated carbocycles. The van der Waals surface area contributed by atoms with Gasteiger partial charge in [0.05, 0.1) is 18.1 Å². The van der Waals surface area contributed by atoms with Gasteiger partial charge in [0.2, 0.25) is 0 Å². The van der Waals surface area contributed by atoms with Crippen molar-refractivity contribution in [1.82, 2.24) is 9.62 Å². The number of rotatable bonds is 2. The summed E-state index contributed by atoms with van der Waals surface area (Å²) in [5, 5.41) is 0. The van der Waals surface area contributed by atoms with Crippen molar-refractivity contribution in [2.45, 2.75) is 4.90 Å². The van der Waals surface area contributed by atoms with E-state index < -0.39 is 11.0 Å². The lowest BCUT2D eigenvalue weighted by Gasteiger charge is -2.26. The van der Waals surface area contributed by atoms with Gasteiger partial charge in [-0.2, -0.15) is 0 Å². The summed E-state index contributed by atoms with van der Waals surface area (Å²) in [6, 6.07) is 6.21. The maximum Gasteiger partial charge on any atom is 0.329 e. The summed E-state index contributed by atoms with van der Waals surface area (Å²) < 4.78 is 19.5. The summed E-state index contributed by atoms with van der Waals surface area (Å²) >= 11 is 0. The third-order valence-corrected chi connectivity index (χ3v) is 3.63. The highest BCUT2D eigenvalue weighted by molar-refractivity contribution is 7.83. The molecule has 2 amide bonds. The lowest BCUT2D eigenvalue weighted by molar-refractivity contribution is 0.0546. The smallest absolute Gasteiger partial charge is 0.329 e. The van der Waals surface area contributed by atoms with Crippen molar-refractivity contribution in [3.63, 3.8) is 0 Å². The topological polar surface area (TPSA) is 84.7 Å². The Bertz CT molecular complexity index is 443. The minimum atomic E-state index is -1.56. The highest BCUT2D eigenvalue weighted by Gasteiger charge is 2.18. The minimum absolute atomic E-state index is 0.339. The van der Waals surface area contributed by atoms with Crippen LogP contribution >= 0.6 is 0 Å². The van der Waals surface area contributed by atoms with Gasteiger partial charge in [-0.3, -0.25) is 4.72 Å². The first-order valence-electron chi connectivity index (χ1n) is 5.57. The van der Waals surface area contributed by atoms with Crippen LogP contribution in [0.5, 0.6) is 0 Å². The molecule has 1 aromatic carbocycles. The summed E-state index contributed by atoms with van der Waals surface area (Å²) in [6.07, 6.45) is 0. The Hall–Kier alpha value is -1.60. The number of nitrogens with one attached hydrogen (secondary N) is 1. The predicted octanol–water partition coefficient (Wildman–Crippen LogP) is 0.333. The lowest BCUT2D eigenvalue weighted by atomic mass is 10.3. The van der Waals surface area contributed by atoms with Crippen LogP contribution in [0.2, 0.25) is 0 Å². The van der Waals surface area contributed by atoms with Crippen LogP contribution in [0.15, 0.2) is 29.2 Å². The first-order chi connectivity index (χ1) is 8.66. The molecule has 1 fully saturated rings. The molecule has 1 heterocycles. The molecule has 1 unspecified atom stereocenters. The van der Waals surface area contributed by atoms with Crippen molar-refractivity contribution in [3.05, 3.63) is 24.3 Å². The Morgan fingerprint density at radius 1 is 1.28 bits per heavy atom. The molecule has 0 radical (unpaired) electrons. The largest absolute Gasteiger partial charge is 0.399 e. The van der Waals surface area contributed by atoms with Gasteiger partial charge >= 0.3 is 6.03 Å². The van der Waals surface area contributed by atoms with Crippen LogP contribution in [-0.4, -0.2) is 41.4 Å². The van der Waals surface area contributed by atoms with Gasteiger partial charge in [0.15, 0.2) is 11.0 Å². The fourth-order valence-corrected chi connectivity index (χ4v) is 2.35. The van der Waals surface area contributed by atoms with E-state index in [2.05, 4.69) is 4.72 Å². The first kappa shape index (κ1) is 12.8. The first-order valence-corrected chi connectivity index (χ1v) is 6.72. The lowest BCUT2D eigenvalue weighted by Crippen LogP contribution is -2.46. The summed E-state index contributed by atoms with van der Waals surface area (Å²) in [6.45, 7) is 2.07. The molecule has 1 aliphatic heterocycles. The molecule has 0 spiro atoms. The SMILES string of the molecule is Nc1ccc(S(=O)NC(=O)N2CCOCC2)cc1. The third-order valence-electron chi connectivity index (χ3n) is 2.57. The number of nitrogens with two attached hydrogens (primary N) is 1. The van der Waals surface area contributed by atoms with Crippen LogP contribution < -0.4 is 10.5 Å². The van der Waals surface area contributed by atoms with Crippen molar-refractivity contribution in [3.8, 4) is 0 Å². The summed E-state index contributed by atoms with van der Waals surface area (Å²) in [4.78, 5) is 13.9. The maximum absolute atomic E-state index is 11.9. The number of nitrogen functional groups attached to an aromatic ring is 1. The number of benzene rings is 1. The van der Waals surface area contributed by atoms with Gasteiger partial charge in [-0.05, 0) is 24.3 Å².